The van der Waals surface area contributed by atoms with Crippen LogP contribution in [0.5, 0.6) is 0 Å². The number of hydrogen-bond acceptors (Lipinski definition) is 5. The Balaban J connectivity index is 1.76. The van der Waals surface area contributed by atoms with Gasteiger partial charge in [-0.25, -0.2) is 9.37 Å². The van der Waals surface area contributed by atoms with Gasteiger partial charge in [-0.05, 0) is 32.2 Å². The van der Waals surface area contributed by atoms with Crippen LogP contribution in [-0.2, 0) is 0 Å². The summed E-state index contributed by atoms with van der Waals surface area (Å²) in [4.78, 5) is 35.9. The molecule has 1 fully saturated rings. The van der Waals surface area contributed by atoms with Crippen molar-refractivity contribution in [2.45, 2.75) is 13.0 Å². The fraction of sp³-hybridized carbons (Fsp3) is 0.389. The Morgan fingerprint density at radius 2 is 2.00 bits per heavy atom. The van der Waals surface area contributed by atoms with E-state index in [4.69, 9.17) is 11.6 Å². The van der Waals surface area contributed by atoms with E-state index in [1.54, 1.807) is 6.92 Å². The number of H-pyrrole nitrogens is 1. The van der Waals surface area contributed by atoms with E-state index in [9.17, 15) is 14.0 Å². The summed E-state index contributed by atoms with van der Waals surface area (Å²) >= 11 is 5.73. The lowest BCUT2D eigenvalue weighted by Crippen LogP contribution is -2.45. The maximum absolute atomic E-state index is 13.3. The summed E-state index contributed by atoms with van der Waals surface area (Å²) in [6.07, 6.45) is 0. The Morgan fingerprint density at radius 1 is 1.30 bits per heavy atom. The molecule has 1 unspecified atom stereocenters. The summed E-state index contributed by atoms with van der Waals surface area (Å²) in [5.74, 6) is -0.515. The van der Waals surface area contributed by atoms with Crippen molar-refractivity contribution in [1.82, 2.24) is 20.2 Å². The van der Waals surface area contributed by atoms with Crippen molar-refractivity contribution < 1.29 is 9.18 Å². The highest BCUT2D eigenvalue weighted by Crippen LogP contribution is 2.18. The quantitative estimate of drug-likeness (QED) is 0.828. The molecule has 0 saturated carbocycles. The van der Waals surface area contributed by atoms with E-state index in [1.165, 1.54) is 18.2 Å². The largest absolute Gasteiger partial charge is 0.344 e. The minimum atomic E-state index is -0.589. The van der Waals surface area contributed by atoms with Crippen molar-refractivity contribution in [3.63, 3.8) is 0 Å². The third kappa shape index (κ3) is 4.64. The van der Waals surface area contributed by atoms with Crippen LogP contribution in [0.25, 0.3) is 0 Å². The Kier molecular flexibility index (Phi) is 5.76. The topological polar surface area (TPSA) is 81.3 Å². The zero-order valence-corrected chi connectivity index (χ0v) is 15.9. The van der Waals surface area contributed by atoms with Crippen LogP contribution >= 0.6 is 11.6 Å². The molecule has 0 radical (unpaired) electrons. The van der Waals surface area contributed by atoms with Crippen LogP contribution in [0.2, 0.25) is 5.02 Å². The first-order valence-electron chi connectivity index (χ1n) is 8.64. The van der Waals surface area contributed by atoms with Gasteiger partial charge < -0.3 is 15.1 Å². The number of carbonyl (C=O) groups excluding carboxylic acids is 1. The SMILES string of the molecule is CC(NC(=O)c1ccc(F)c(Cl)c1)c1cc(=O)[nH]c(N2CCN(C)CC2)n1. The van der Waals surface area contributed by atoms with Crippen LogP contribution < -0.4 is 15.8 Å². The summed E-state index contributed by atoms with van der Waals surface area (Å²) < 4.78 is 13.3. The van der Waals surface area contributed by atoms with E-state index in [2.05, 4.69) is 20.2 Å². The highest BCUT2D eigenvalue weighted by Gasteiger charge is 2.19. The second-order valence-electron chi connectivity index (χ2n) is 6.61. The number of likely N-dealkylation sites (N-methyl/N-ethyl adjacent to an activating group) is 1. The lowest BCUT2D eigenvalue weighted by atomic mass is 10.1. The summed E-state index contributed by atoms with van der Waals surface area (Å²) in [7, 11) is 2.04. The minimum absolute atomic E-state index is 0.123. The maximum atomic E-state index is 13.3. The molecule has 1 aromatic heterocycles. The van der Waals surface area contributed by atoms with Crippen molar-refractivity contribution in [2.24, 2.45) is 0 Å². The summed E-state index contributed by atoms with van der Waals surface area (Å²) in [6.45, 7) is 5.02. The zero-order valence-electron chi connectivity index (χ0n) is 15.1. The molecule has 0 spiro atoms. The van der Waals surface area contributed by atoms with E-state index >= 15 is 0 Å². The van der Waals surface area contributed by atoms with Crippen molar-refractivity contribution in [3.05, 3.63) is 56.7 Å². The number of carbonyl (C=O) groups is 1. The summed E-state index contributed by atoms with van der Waals surface area (Å²) in [5.41, 5.74) is 0.409. The predicted molar refractivity (Wildman–Crippen MR) is 102 cm³/mol. The fourth-order valence-corrected chi connectivity index (χ4v) is 3.02. The van der Waals surface area contributed by atoms with Crippen molar-refractivity contribution >= 4 is 23.5 Å². The van der Waals surface area contributed by atoms with Crippen LogP contribution in [-0.4, -0.2) is 54.0 Å². The predicted octanol–water partition coefficient (Wildman–Crippen LogP) is 1.81. The van der Waals surface area contributed by atoms with Crippen molar-refractivity contribution in [2.75, 3.05) is 38.1 Å². The van der Waals surface area contributed by atoms with Gasteiger partial charge in [-0.15, -0.1) is 0 Å². The molecule has 1 saturated heterocycles. The van der Waals surface area contributed by atoms with Crippen molar-refractivity contribution in [1.29, 1.82) is 0 Å². The third-order valence-electron chi connectivity index (χ3n) is 4.52. The first kappa shape index (κ1) is 19.3. The van der Waals surface area contributed by atoms with Gasteiger partial charge in [-0.2, -0.15) is 0 Å². The molecule has 1 aliphatic heterocycles. The van der Waals surface area contributed by atoms with Gasteiger partial charge in [0.1, 0.15) is 5.82 Å². The molecule has 2 N–H and O–H groups in total. The first-order valence-corrected chi connectivity index (χ1v) is 9.02. The number of nitrogens with one attached hydrogen (secondary N) is 2. The molecule has 2 aromatic rings. The van der Waals surface area contributed by atoms with E-state index in [0.717, 1.165) is 32.2 Å². The number of aromatic amines is 1. The number of benzene rings is 1. The molecule has 0 aliphatic carbocycles. The van der Waals surface area contributed by atoms with Gasteiger partial charge >= 0.3 is 0 Å². The molecule has 1 atom stereocenters. The first-order chi connectivity index (χ1) is 12.8. The molecule has 2 heterocycles. The number of anilines is 1. The van der Waals surface area contributed by atoms with Gasteiger partial charge in [0.15, 0.2) is 0 Å². The molecule has 0 bridgehead atoms. The van der Waals surface area contributed by atoms with E-state index in [0.29, 0.717) is 11.6 Å². The Bertz CT molecular complexity index is 896. The molecule has 1 amide bonds. The van der Waals surface area contributed by atoms with E-state index in [1.807, 2.05) is 11.9 Å². The van der Waals surface area contributed by atoms with Gasteiger partial charge in [0.25, 0.3) is 11.5 Å². The fourth-order valence-electron chi connectivity index (χ4n) is 2.84. The average Bonchev–Trinajstić information content (AvgIpc) is 2.64. The zero-order chi connectivity index (χ0) is 19.6. The van der Waals surface area contributed by atoms with Crippen LogP contribution in [0.4, 0.5) is 10.3 Å². The van der Waals surface area contributed by atoms with Gasteiger partial charge in [-0.3, -0.25) is 14.6 Å². The number of hydrogen-bond donors (Lipinski definition) is 2. The molecule has 27 heavy (non-hydrogen) atoms. The van der Waals surface area contributed by atoms with Crippen LogP contribution in [0, 0.1) is 5.82 Å². The van der Waals surface area contributed by atoms with Crippen LogP contribution in [0.1, 0.15) is 29.0 Å². The smallest absolute Gasteiger partial charge is 0.252 e. The van der Waals surface area contributed by atoms with Gasteiger partial charge in [0, 0.05) is 37.8 Å². The van der Waals surface area contributed by atoms with E-state index < -0.39 is 17.8 Å². The number of amides is 1. The summed E-state index contributed by atoms with van der Waals surface area (Å²) in [5, 5.41) is 2.64. The molecule has 7 nitrogen and oxygen atoms in total. The monoisotopic (exact) mass is 393 g/mol. The van der Waals surface area contributed by atoms with Crippen molar-refractivity contribution in [3.8, 4) is 0 Å². The number of halogens is 2. The molecule has 9 heteroatoms. The van der Waals surface area contributed by atoms with Gasteiger partial charge in [0.05, 0.1) is 16.8 Å². The highest BCUT2D eigenvalue weighted by atomic mass is 35.5. The second kappa shape index (κ2) is 8.06. The van der Waals surface area contributed by atoms with Crippen LogP contribution in [0.15, 0.2) is 29.1 Å². The molecular formula is C18H21ClFN5O2. The highest BCUT2D eigenvalue weighted by molar-refractivity contribution is 6.31. The number of piperazine rings is 1. The molecular weight excluding hydrogens is 373 g/mol. The molecule has 1 aromatic carbocycles. The minimum Gasteiger partial charge on any atom is -0.344 e. The molecule has 3 rings (SSSR count). The number of rotatable bonds is 4. The third-order valence-corrected chi connectivity index (χ3v) is 4.81. The van der Waals surface area contributed by atoms with Crippen LogP contribution in [0.3, 0.4) is 0 Å². The lowest BCUT2D eigenvalue weighted by molar-refractivity contribution is 0.0939. The van der Waals surface area contributed by atoms with Gasteiger partial charge in [0.2, 0.25) is 5.95 Å². The maximum Gasteiger partial charge on any atom is 0.252 e. The average molecular weight is 394 g/mol. The van der Waals surface area contributed by atoms with E-state index in [-0.39, 0.29) is 16.1 Å². The standard InChI is InChI=1S/C18H21ClFN5O2/c1-11(21-17(27)12-3-4-14(20)13(19)9-12)15-10-16(26)23-18(22-15)25-7-5-24(2)6-8-25/h3-4,9-11H,5-8H2,1-2H3,(H,21,27)(H,22,23,26). The normalized spacial score (nSPS) is 16.2. The van der Waals surface area contributed by atoms with Gasteiger partial charge in [-0.1, -0.05) is 11.6 Å². The Hall–Kier alpha value is -2.45. The number of nitrogens with zero attached hydrogens (tertiary/aromatic N) is 3. The second-order valence-corrected chi connectivity index (χ2v) is 7.02. The Morgan fingerprint density at radius 3 is 2.67 bits per heavy atom. The summed E-state index contributed by atoms with van der Waals surface area (Å²) in [6, 6.07) is 4.61. The Labute approximate surface area is 161 Å². The lowest BCUT2D eigenvalue weighted by Gasteiger charge is -2.32. The molecule has 1 aliphatic rings. The molecule has 144 valence electrons. The number of aromatic nitrogens is 2.